The Morgan fingerprint density at radius 1 is 1.18 bits per heavy atom. The molecule has 6 nitrogen and oxygen atoms in total. The molecular formula is C15H10ClN3O3. The van der Waals surface area contributed by atoms with Gasteiger partial charge in [0.1, 0.15) is 0 Å². The number of H-pyrrole nitrogens is 1. The topological polar surface area (TPSA) is 88.0 Å². The van der Waals surface area contributed by atoms with Crippen molar-refractivity contribution in [2.75, 3.05) is 0 Å². The monoisotopic (exact) mass is 315 g/mol. The van der Waals surface area contributed by atoms with E-state index in [4.69, 9.17) is 16.7 Å². The minimum Gasteiger partial charge on any atom is -0.478 e. The number of halogens is 1. The van der Waals surface area contributed by atoms with Crippen molar-refractivity contribution in [1.29, 1.82) is 0 Å². The van der Waals surface area contributed by atoms with Gasteiger partial charge in [-0.3, -0.25) is 9.89 Å². The van der Waals surface area contributed by atoms with Crippen LogP contribution in [-0.4, -0.2) is 25.8 Å². The van der Waals surface area contributed by atoms with E-state index in [9.17, 15) is 9.59 Å². The molecule has 0 bridgehead atoms. The summed E-state index contributed by atoms with van der Waals surface area (Å²) in [4.78, 5) is 27.1. The first-order valence-corrected chi connectivity index (χ1v) is 6.70. The molecule has 2 heterocycles. The zero-order chi connectivity index (χ0) is 15.7. The molecule has 1 aromatic carbocycles. The van der Waals surface area contributed by atoms with Gasteiger partial charge in [-0.2, -0.15) is 0 Å². The van der Waals surface area contributed by atoms with E-state index in [1.807, 2.05) is 0 Å². The second-order valence-electron chi connectivity index (χ2n) is 4.56. The van der Waals surface area contributed by atoms with Crippen LogP contribution in [0.2, 0.25) is 5.02 Å². The van der Waals surface area contributed by atoms with Crippen LogP contribution >= 0.6 is 11.6 Å². The van der Waals surface area contributed by atoms with Gasteiger partial charge in [-0.25, -0.2) is 14.5 Å². The first-order chi connectivity index (χ1) is 10.5. The average molecular weight is 316 g/mol. The number of nitrogens with zero attached hydrogens (tertiary/aromatic N) is 2. The van der Waals surface area contributed by atoms with Gasteiger partial charge < -0.3 is 5.11 Å². The Balaban J connectivity index is 2.06. The maximum Gasteiger partial charge on any atom is 0.335 e. The minimum atomic E-state index is -1.08. The van der Waals surface area contributed by atoms with E-state index in [-0.39, 0.29) is 16.9 Å². The Kier molecular flexibility index (Phi) is 3.52. The molecule has 0 fully saturated rings. The quantitative estimate of drug-likeness (QED) is 0.777. The highest BCUT2D eigenvalue weighted by atomic mass is 35.5. The van der Waals surface area contributed by atoms with Crippen LogP contribution in [0.5, 0.6) is 0 Å². The summed E-state index contributed by atoms with van der Waals surface area (Å²) in [6.45, 7) is 0. The Labute approximate surface area is 129 Å². The van der Waals surface area contributed by atoms with E-state index < -0.39 is 5.97 Å². The fraction of sp³-hybridized carbons (Fsp3) is 0. The minimum absolute atomic E-state index is 0.0551. The third-order valence-corrected chi connectivity index (χ3v) is 3.35. The average Bonchev–Trinajstić information content (AvgIpc) is 2.90. The number of carboxylic acids is 1. The molecule has 0 aliphatic rings. The molecule has 0 saturated heterocycles. The lowest BCUT2D eigenvalue weighted by atomic mass is 10.2. The second-order valence-corrected chi connectivity index (χ2v) is 4.99. The first-order valence-electron chi connectivity index (χ1n) is 6.32. The van der Waals surface area contributed by atoms with E-state index >= 15 is 0 Å². The van der Waals surface area contributed by atoms with Crippen molar-refractivity contribution in [3.8, 4) is 17.1 Å². The van der Waals surface area contributed by atoms with Crippen molar-refractivity contribution < 1.29 is 9.90 Å². The van der Waals surface area contributed by atoms with Crippen molar-refractivity contribution in [2.45, 2.75) is 0 Å². The lowest BCUT2D eigenvalue weighted by molar-refractivity contribution is 0.0696. The molecule has 0 radical (unpaired) electrons. The zero-order valence-electron chi connectivity index (χ0n) is 11.2. The standard InChI is InChI=1S/C15H10ClN3O3/c16-11-3-1-9(2-4-11)12-8-14(20)19(18-12)13-7-10(15(21)22)5-6-17-13/h1-8,18H,(H,21,22). The molecule has 0 amide bonds. The van der Waals surface area contributed by atoms with Gasteiger partial charge in [-0.15, -0.1) is 0 Å². The van der Waals surface area contributed by atoms with Gasteiger partial charge in [0.15, 0.2) is 5.82 Å². The first kappa shape index (κ1) is 14.1. The van der Waals surface area contributed by atoms with Crippen LogP contribution in [-0.2, 0) is 0 Å². The molecule has 3 rings (SSSR count). The summed E-state index contributed by atoms with van der Waals surface area (Å²) in [5.41, 5.74) is 1.10. The van der Waals surface area contributed by atoms with Crippen LogP contribution in [0.1, 0.15) is 10.4 Å². The second kappa shape index (κ2) is 5.50. The Bertz CT molecular complexity index is 897. The smallest absolute Gasteiger partial charge is 0.335 e. The summed E-state index contributed by atoms with van der Waals surface area (Å²) in [5.74, 6) is -0.869. The molecule has 0 aliphatic heterocycles. The molecule has 0 spiro atoms. The number of aromatic nitrogens is 3. The molecule has 0 saturated carbocycles. The number of aromatic carboxylic acids is 1. The van der Waals surface area contributed by atoms with Gasteiger partial charge in [-0.1, -0.05) is 23.7 Å². The number of carbonyl (C=O) groups is 1. The van der Waals surface area contributed by atoms with Gasteiger partial charge in [0.2, 0.25) is 0 Å². The highest BCUT2D eigenvalue weighted by Crippen LogP contribution is 2.19. The van der Waals surface area contributed by atoms with E-state index in [2.05, 4.69) is 10.1 Å². The lowest BCUT2D eigenvalue weighted by Gasteiger charge is -2.02. The molecule has 2 aromatic heterocycles. The van der Waals surface area contributed by atoms with Crippen molar-refractivity contribution in [2.24, 2.45) is 0 Å². The number of benzene rings is 1. The van der Waals surface area contributed by atoms with Crippen LogP contribution in [0.4, 0.5) is 0 Å². The van der Waals surface area contributed by atoms with Crippen LogP contribution in [0, 0.1) is 0 Å². The highest BCUT2D eigenvalue weighted by molar-refractivity contribution is 6.30. The van der Waals surface area contributed by atoms with Gasteiger partial charge in [-0.05, 0) is 29.8 Å². The molecule has 0 aliphatic carbocycles. The molecule has 0 atom stereocenters. The summed E-state index contributed by atoms with van der Waals surface area (Å²) in [7, 11) is 0. The Hall–Kier alpha value is -2.86. The van der Waals surface area contributed by atoms with Crippen LogP contribution < -0.4 is 5.56 Å². The van der Waals surface area contributed by atoms with E-state index in [1.54, 1.807) is 24.3 Å². The van der Waals surface area contributed by atoms with E-state index in [0.29, 0.717) is 10.7 Å². The summed E-state index contributed by atoms with van der Waals surface area (Å²) in [6.07, 6.45) is 1.34. The predicted molar refractivity (Wildman–Crippen MR) is 81.6 cm³/mol. The fourth-order valence-electron chi connectivity index (χ4n) is 2.02. The normalized spacial score (nSPS) is 10.6. The number of hydrogen-bond donors (Lipinski definition) is 2. The summed E-state index contributed by atoms with van der Waals surface area (Å²) in [6, 6.07) is 11.1. The van der Waals surface area contributed by atoms with Gasteiger partial charge in [0, 0.05) is 17.3 Å². The Morgan fingerprint density at radius 3 is 2.59 bits per heavy atom. The van der Waals surface area contributed by atoms with E-state index in [1.165, 1.54) is 29.1 Å². The van der Waals surface area contributed by atoms with Crippen LogP contribution in [0.25, 0.3) is 17.1 Å². The summed E-state index contributed by atoms with van der Waals surface area (Å²) in [5, 5.41) is 12.5. The maximum atomic E-state index is 12.1. The number of pyridine rings is 1. The van der Waals surface area contributed by atoms with Crippen molar-refractivity contribution in [3.05, 3.63) is 69.6 Å². The predicted octanol–water partition coefficient (Wildman–Crippen LogP) is 2.58. The zero-order valence-corrected chi connectivity index (χ0v) is 11.9. The Morgan fingerprint density at radius 2 is 1.91 bits per heavy atom. The molecule has 0 unspecified atom stereocenters. The van der Waals surface area contributed by atoms with Crippen LogP contribution in [0.15, 0.2) is 53.5 Å². The molecule has 22 heavy (non-hydrogen) atoms. The maximum absolute atomic E-state index is 12.1. The number of nitrogens with one attached hydrogen (secondary N) is 1. The SMILES string of the molecule is O=C(O)c1ccnc(-n2[nH]c(-c3ccc(Cl)cc3)cc2=O)c1. The fourth-order valence-corrected chi connectivity index (χ4v) is 2.14. The van der Waals surface area contributed by atoms with Crippen molar-refractivity contribution in [3.63, 3.8) is 0 Å². The molecular weight excluding hydrogens is 306 g/mol. The van der Waals surface area contributed by atoms with Crippen molar-refractivity contribution >= 4 is 17.6 Å². The molecule has 7 heteroatoms. The summed E-state index contributed by atoms with van der Waals surface area (Å²) >= 11 is 5.84. The van der Waals surface area contributed by atoms with E-state index in [0.717, 1.165) is 5.56 Å². The van der Waals surface area contributed by atoms with Crippen LogP contribution in [0.3, 0.4) is 0 Å². The number of carboxylic acid groups (broad SMARTS) is 1. The highest BCUT2D eigenvalue weighted by Gasteiger charge is 2.10. The number of rotatable bonds is 3. The third kappa shape index (κ3) is 2.64. The third-order valence-electron chi connectivity index (χ3n) is 3.10. The molecule has 110 valence electrons. The molecule has 2 N–H and O–H groups in total. The van der Waals surface area contributed by atoms with Gasteiger partial charge in [0.25, 0.3) is 5.56 Å². The number of aromatic amines is 1. The van der Waals surface area contributed by atoms with Gasteiger partial charge >= 0.3 is 5.97 Å². The summed E-state index contributed by atoms with van der Waals surface area (Å²) < 4.78 is 1.19. The molecule has 3 aromatic rings. The number of hydrogen-bond acceptors (Lipinski definition) is 3. The largest absolute Gasteiger partial charge is 0.478 e. The lowest BCUT2D eigenvalue weighted by Crippen LogP contribution is -2.15. The van der Waals surface area contributed by atoms with Gasteiger partial charge in [0.05, 0.1) is 11.3 Å². The van der Waals surface area contributed by atoms with Crippen molar-refractivity contribution in [1.82, 2.24) is 14.8 Å².